The van der Waals surface area contributed by atoms with Crippen molar-refractivity contribution in [2.45, 2.75) is 45.6 Å². The van der Waals surface area contributed by atoms with Gasteiger partial charge in [0.1, 0.15) is 5.82 Å². The van der Waals surface area contributed by atoms with Gasteiger partial charge < -0.3 is 4.57 Å². The van der Waals surface area contributed by atoms with Gasteiger partial charge in [0.2, 0.25) is 0 Å². The van der Waals surface area contributed by atoms with E-state index in [0.717, 1.165) is 36.1 Å². The zero-order valence-electron chi connectivity index (χ0n) is 12.2. The van der Waals surface area contributed by atoms with Crippen LogP contribution in [-0.2, 0) is 13.0 Å². The van der Waals surface area contributed by atoms with E-state index in [-0.39, 0.29) is 0 Å². The van der Waals surface area contributed by atoms with Crippen LogP contribution in [0, 0.1) is 11.8 Å². The lowest BCUT2D eigenvalue weighted by molar-refractivity contribution is 0.265. The molecule has 0 saturated heterocycles. The number of alkyl halides is 1. The molecule has 1 heterocycles. The maximum atomic E-state index is 5.94. The average molecular weight is 291 g/mol. The predicted molar refractivity (Wildman–Crippen MR) is 85.3 cm³/mol. The highest BCUT2D eigenvalue weighted by Crippen LogP contribution is 2.30. The summed E-state index contributed by atoms with van der Waals surface area (Å²) in [5.41, 5.74) is 2.38. The number of halogens is 1. The van der Waals surface area contributed by atoms with Crippen molar-refractivity contribution in [3.63, 3.8) is 0 Å². The Balaban J connectivity index is 1.86. The van der Waals surface area contributed by atoms with Gasteiger partial charge in [-0.2, -0.15) is 0 Å². The van der Waals surface area contributed by atoms with Gasteiger partial charge in [0, 0.05) is 18.8 Å². The van der Waals surface area contributed by atoms with E-state index in [1.807, 2.05) is 0 Å². The molecule has 0 aliphatic heterocycles. The van der Waals surface area contributed by atoms with Crippen LogP contribution in [0.15, 0.2) is 24.3 Å². The minimum absolute atomic E-state index is 0.644. The van der Waals surface area contributed by atoms with Crippen molar-refractivity contribution in [3.8, 4) is 0 Å². The van der Waals surface area contributed by atoms with E-state index in [2.05, 4.69) is 35.8 Å². The lowest BCUT2D eigenvalue weighted by Crippen LogP contribution is -2.19. The van der Waals surface area contributed by atoms with E-state index < -0.39 is 0 Å². The largest absolute Gasteiger partial charge is 0.328 e. The van der Waals surface area contributed by atoms with Crippen LogP contribution >= 0.6 is 11.6 Å². The number of hydrogen-bond acceptors (Lipinski definition) is 1. The van der Waals surface area contributed by atoms with E-state index in [1.54, 1.807) is 0 Å². The van der Waals surface area contributed by atoms with E-state index in [0.29, 0.717) is 5.88 Å². The number of para-hydroxylation sites is 2. The molecule has 0 spiro atoms. The lowest BCUT2D eigenvalue weighted by Gasteiger charge is -2.27. The molecule has 1 aliphatic rings. The van der Waals surface area contributed by atoms with Gasteiger partial charge in [0.25, 0.3) is 0 Å². The first-order chi connectivity index (χ1) is 9.78. The topological polar surface area (TPSA) is 17.8 Å². The molecule has 0 bridgehead atoms. The maximum absolute atomic E-state index is 5.94. The monoisotopic (exact) mass is 290 g/mol. The first-order valence-electron chi connectivity index (χ1n) is 7.78. The molecule has 1 aliphatic carbocycles. The Hall–Kier alpha value is -1.02. The van der Waals surface area contributed by atoms with Crippen LogP contribution < -0.4 is 0 Å². The van der Waals surface area contributed by atoms with Gasteiger partial charge in [0.15, 0.2) is 0 Å². The van der Waals surface area contributed by atoms with Crippen molar-refractivity contribution in [2.24, 2.45) is 11.8 Å². The molecule has 0 atom stereocenters. The molecule has 1 aromatic carbocycles. The summed E-state index contributed by atoms with van der Waals surface area (Å²) in [6.07, 6.45) is 6.33. The third kappa shape index (κ3) is 2.85. The highest BCUT2D eigenvalue weighted by atomic mass is 35.5. The van der Waals surface area contributed by atoms with Crippen LogP contribution in [0.25, 0.3) is 11.0 Å². The van der Waals surface area contributed by atoms with Gasteiger partial charge in [-0.25, -0.2) is 4.98 Å². The Morgan fingerprint density at radius 1 is 1.20 bits per heavy atom. The van der Waals surface area contributed by atoms with Crippen LogP contribution in [-0.4, -0.2) is 15.4 Å². The standard InChI is InChI=1S/C17H23ClN2/c1-13-6-8-14(9-7-13)12-20-16-5-3-2-4-15(16)19-17(20)10-11-18/h2-5,13-14H,6-12H2,1H3. The molecular weight excluding hydrogens is 268 g/mol. The fourth-order valence-corrected chi connectivity index (χ4v) is 3.54. The first kappa shape index (κ1) is 13.9. The molecule has 0 unspecified atom stereocenters. The Bertz CT molecular complexity index is 567. The SMILES string of the molecule is CC1CCC(Cn2c(CCCl)nc3ccccc32)CC1. The summed E-state index contributed by atoms with van der Waals surface area (Å²) < 4.78 is 2.42. The molecule has 3 rings (SSSR count). The third-order valence-electron chi connectivity index (χ3n) is 4.63. The smallest absolute Gasteiger partial charge is 0.111 e. The van der Waals surface area contributed by atoms with Gasteiger partial charge in [-0.15, -0.1) is 11.6 Å². The Morgan fingerprint density at radius 3 is 2.70 bits per heavy atom. The molecule has 2 nitrogen and oxygen atoms in total. The molecular formula is C17H23ClN2. The highest BCUT2D eigenvalue weighted by Gasteiger charge is 2.20. The minimum atomic E-state index is 0.644. The summed E-state index contributed by atoms with van der Waals surface area (Å²) in [7, 11) is 0. The van der Waals surface area contributed by atoms with Crippen molar-refractivity contribution in [3.05, 3.63) is 30.1 Å². The van der Waals surface area contributed by atoms with Gasteiger partial charge in [-0.05, 0) is 36.8 Å². The summed E-state index contributed by atoms with van der Waals surface area (Å²) in [4.78, 5) is 4.76. The average Bonchev–Trinajstić information content (AvgIpc) is 2.80. The zero-order chi connectivity index (χ0) is 13.9. The second-order valence-corrected chi connectivity index (χ2v) is 6.57. The van der Waals surface area contributed by atoms with Crippen LogP contribution in [0.5, 0.6) is 0 Å². The van der Waals surface area contributed by atoms with Gasteiger partial charge in [-0.3, -0.25) is 0 Å². The fourth-order valence-electron chi connectivity index (χ4n) is 3.37. The molecule has 0 radical (unpaired) electrons. The molecule has 0 amide bonds. The number of nitrogens with zero attached hydrogens (tertiary/aromatic N) is 2. The van der Waals surface area contributed by atoms with Crippen molar-refractivity contribution < 1.29 is 0 Å². The summed E-state index contributed by atoms with van der Waals surface area (Å²) in [5.74, 6) is 3.51. The Labute approximate surface area is 126 Å². The number of aryl methyl sites for hydroxylation is 1. The lowest BCUT2D eigenvalue weighted by atomic mass is 9.83. The Morgan fingerprint density at radius 2 is 1.95 bits per heavy atom. The number of hydrogen-bond donors (Lipinski definition) is 0. The van der Waals surface area contributed by atoms with E-state index in [1.165, 1.54) is 31.2 Å². The quantitative estimate of drug-likeness (QED) is 0.750. The molecule has 1 saturated carbocycles. The Kier molecular flexibility index (Phi) is 4.30. The molecule has 20 heavy (non-hydrogen) atoms. The number of imidazole rings is 1. The maximum Gasteiger partial charge on any atom is 0.111 e. The number of benzene rings is 1. The van der Waals surface area contributed by atoms with Crippen LogP contribution in [0.3, 0.4) is 0 Å². The second kappa shape index (κ2) is 6.17. The van der Waals surface area contributed by atoms with Crippen LogP contribution in [0.2, 0.25) is 0 Å². The molecule has 2 aromatic rings. The van der Waals surface area contributed by atoms with Crippen LogP contribution in [0.1, 0.15) is 38.4 Å². The summed E-state index contributed by atoms with van der Waals surface area (Å²) in [6, 6.07) is 8.46. The van der Waals surface area contributed by atoms with E-state index >= 15 is 0 Å². The van der Waals surface area contributed by atoms with Gasteiger partial charge in [-0.1, -0.05) is 31.9 Å². The van der Waals surface area contributed by atoms with Gasteiger partial charge >= 0.3 is 0 Å². The van der Waals surface area contributed by atoms with Crippen molar-refractivity contribution >= 4 is 22.6 Å². The zero-order valence-corrected chi connectivity index (χ0v) is 12.9. The molecule has 1 aromatic heterocycles. The van der Waals surface area contributed by atoms with Gasteiger partial charge in [0.05, 0.1) is 11.0 Å². The van der Waals surface area contributed by atoms with Crippen LogP contribution in [0.4, 0.5) is 0 Å². The molecule has 3 heteroatoms. The second-order valence-electron chi connectivity index (χ2n) is 6.19. The van der Waals surface area contributed by atoms with E-state index in [9.17, 15) is 0 Å². The fraction of sp³-hybridized carbons (Fsp3) is 0.588. The third-order valence-corrected chi connectivity index (χ3v) is 4.82. The summed E-state index contributed by atoms with van der Waals surface area (Å²) >= 11 is 5.94. The van der Waals surface area contributed by atoms with E-state index in [4.69, 9.17) is 16.6 Å². The summed E-state index contributed by atoms with van der Waals surface area (Å²) in [6.45, 7) is 3.49. The normalized spacial score (nSPS) is 23.3. The minimum Gasteiger partial charge on any atom is -0.328 e. The molecule has 108 valence electrons. The first-order valence-corrected chi connectivity index (χ1v) is 8.31. The van der Waals surface area contributed by atoms with Crippen molar-refractivity contribution in [1.82, 2.24) is 9.55 Å². The summed E-state index contributed by atoms with van der Waals surface area (Å²) in [5, 5.41) is 0. The highest BCUT2D eigenvalue weighted by molar-refractivity contribution is 6.17. The molecule has 1 fully saturated rings. The van der Waals surface area contributed by atoms with Crippen molar-refractivity contribution in [2.75, 3.05) is 5.88 Å². The molecule has 0 N–H and O–H groups in total. The number of fused-ring (bicyclic) bond motifs is 1. The van der Waals surface area contributed by atoms with Crippen molar-refractivity contribution in [1.29, 1.82) is 0 Å². The number of rotatable bonds is 4. The predicted octanol–water partition coefficient (Wildman–Crippen LogP) is 4.64. The number of aromatic nitrogens is 2.